The summed E-state index contributed by atoms with van der Waals surface area (Å²) >= 11 is 8.03. The lowest BCUT2D eigenvalue weighted by molar-refractivity contribution is 1.83. The fraction of sp³-hybridized carbons (Fsp3) is 0. The highest BCUT2D eigenvalue weighted by atomic mass is 127. The van der Waals surface area contributed by atoms with Crippen LogP contribution in [0.3, 0.4) is 0 Å². The molecule has 0 amide bonds. The van der Waals surface area contributed by atoms with E-state index in [0.717, 1.165) is 0 Å². The van der Waals surface area contributed by atoms with Gasteiger partial charge in [0.2, 0.25) is 0 Å². The number of hydrogen-bond donors (Lipinski definition) is 2. The van der Waals surface area contributed by atoms with E-state index in [1.807, 2.05) is 0 Å². The van der Waals surface area contributed by atoms with Crippen molar-refractivity contribution >= 4 is 80.0 Å². The van der Waals surface area contributed by atoms with Crippen LogP contribution in [0.15, 0.2) is 0 Å². The average Bonchev–Trinajstić information content (AvgIpc) is 2.39. The number of rotatable bonds is 0. The predicted octanol–water partition coefficient (Wildman–Crippen LogP) is 3.36. The standard InChI is InChI=1S/C4H2I2N2S2/c5-3-1-2(4(6)9-3)8-10-7-1/h7-8H. The smallest absolute Gasteiger partial charge is 0.0954 e. The van der Waals surface area contributed by atoms with Crippen LogP contribution in [0.25, 0.3) is 0 Å². The Morgan fingerprint density at radius 1 is 1.00 bits per heavy atom. The second-order valence-electron chi connectivity index (χ2n) is 1.71. The minimum absolute atomic E-state index is 1.25. The minimum atomic E-state index is 1.25. The second-order valence-corrected chi connectivity index (χ2v) is 6.96. The molecule has 2 rings (SSSR count). The van der Waals surface area contributed by atoms with Crippen molar-refractivity contribution in [3.63, 3.8) is 0 Å². The molecule has 0 fully saturated rings. The summed E-state index contributed by atoms with van der Waals surface area (Å²) in [6, 6.07) is 0. The third-order valence-electron chi connectivity index (χ3n) is 1.13. The highest BCUT2D eigenvalue weighted by Crippen LogP contribution is 2.45. The van der Waals surface area contributed by atoms with E-state index in [4.69, 9.17) is 0 Å². The molecule has 2 heterocycles. The van der Waals surface area contributed by atoms with Gasteiger partial charge in [0, 0.05) is 0 Å². The maximum Gasteiger partial charge on any atom is 0.0954 e. The van der Waals surface area contributed by atoms with E-state index in [2.05, 4.69) is 54.6 Å². The van der Waals surface area contributed by atoms with E-state index in [1.165, 1.54) is 29.3 Å². The molecule has 0 spiro atoms. The number of halogens is 2. The van der Waals surface area contributed by atoms with Crippen molar-refractivity contribution in [3.05, 3.63) is 5.77 Å². The fourth-order valence-electron chi connectivity index (χ4n) is 0.687. The highest BCUT2D eigenvalue weighted by molar-refractivity contribution is 14.1. The van der Waals surface area contributed by atoms with Crippen LogP contribution in [0.4, 0.5) is 11.4 Å². The molecule has 10 heavy (non-hydrogen) atoms. The van der Waals surface area contributed by atoms with Crippen molar-refractivity contribution in [2.24, 2.45) is 0 Å². The molecule has 2 N–H and O–H groups in total. The summed E-state index contributed by atoms with van der Waals surface area (Å²) in [6.07, 6.45) is 0. The Labute approximate surface area is 94.1 Å². The zero-order chi connectivity index (χ0) is 7.14. The van der Waals surface area contributed by atoms with Gasteiger partial charge in [-0.25, -0.2) is 0 Å². The predicted molar refractivity (Wildman–Crippen MR) is 64.6 cm³/mol. The molecule has 0 atom stereocenters. The zero-order valence-corrected chi connectivity index (χ0v) is 10.5. The molecule has 1 aromatic heterocycles. The molecule has 0 saturated heterocycles. The largest absolute Gasteiger partial charge is 0.309 e. The van der Waals surface area contributed by atoms with E-state index in [0.29, 0.717) is 0 Å². The molecule has 1 aromatic rings. The van der Waals surface area contributed by atoms with Crippen molar-refractivity contribution in [3.8, 4) is 0 Å². The van der Waals surface area contributed by atoms with Gasteiger partial charge in [-0.1, -0.05) is 0 Å². The lowest BCUT2D eigenvalue weighted by atomic mass is 10.5. The van der Waals surface area contributed by atoms with Gasteiger partial charge in [-0.05, 0) is 45.2 Å². The third kappa shape index (κ3) is 1.12. The molecule has 6 heteroatoms. The normalized spacial score (nSPS) is 14.2. The van der Waals surface area contributed by atoms with Crippen molar-refractivity contribution in [1.29, 1.82) is 0 Å². The Morgan fingerprint density at radius 2 is 1.50 bits per heavy atom. The number of fused-ring (bicyclic) bond motifs is 1. The lowest BCUT2D eigenvalue weighted by Crippen LogP contribution is -1.78. The Morgan fingerprint density at radius 3 is 2.00 bits per heavy atom. The van der Waals surface area contributed by atoms with Crippen LogP contribution < -0.4 is 9.44 Å². The quantitative estimate of drug-likeness (QED) is 0.520. The van der Waals surface area contributed by atoms with Crippen LogP contribution in [0.1, 0.15) is 0 Å². The molecule has 0 bridgehead atoms. The molecule has 0 unspecified atom stereocenters. The van der Waals surface area contributed by atoms with E-state index in [1.54, 1.807) is 11.3 Å². The van der Waals surface area contributed by atoms with Gasteiger partial charge < -0.3 is 9.44 Å². The SMILES string of the molecule is Ic1sc(I)c2c1NSN2. The van der Waals surface area contributed by atoms with Crippen LogP contribution in [-0.2, 0) is 0 Å². The van der Waals surface area contributed by atoms with Gasteiger partial charge in [0.1, 0.15) is 0 Å². The Hall–Kier alpha value is 1.11. The first-order chi connectivity index (χ1) is 4.79. The van der Waals surface area contributed by atoms with Gasteiger partial charge >= 0.3 is 0 Å². The summed E-state index contributed by atoms with van der Waals surface area (Å²) in [5.41, 5.74) is 2.50. The number of anilines is 2. The molecule has 0 radical (unpaired) electrons. The van der Waals surface area contributed by atoms with Gasteiger partial charge in [-0.3, -0.25) is 0 Å². The van der Waals surface area contributed by atoms with Crippen molar-refractivity contribution in [2.75, 3.05) is 9.44 Å². The molecule has 1 aliphatic heterocycles. The third-order valence-corrected chi connectivity index (χ3v) is 4.91. The summed E-state index contributed by atoms with van der Waals surface area (Å²) in [7, 11) is 0. The van der Waals surface area contributed by atoms with E-state index in [-0.39, 0.29) is 0 Å². The number of thiophene rings is 1. The van der Waals surface area contributed by atoms with E-state index < -0.39 is 0 Å². The number of hydrogen-bond acceptors (Lipinski definition) is 4. The lowest BCUT2D eigenvalue weighted by Gasteiger charge is -1.88. The average molecular weight is 396 g/mol. The highest BCUT2D eigenvalue weighted by Gasteiger charge is 2.19. The van der Waals surface area contributed by atoms with Crippen LogP contribution in [0.2, 0.25) is 0 Å². The first-order valence-electron chi connectivity index (χ1n) is 2.44. The molecule has 0 aromatic carbocycles. The molecular weight excluding hydrogens is 394 g/mol. The summed E-state index contributed by atoms with van der Waals surface area (Å²) in [5, 5.41) is 0. The van der Waals surface area contributed by atoms with Crippen molar-refractivity contribution in [2.45, 2.75) is 0 Å². The van der Waals surface area contributed by atoms with Gasteiger partial charge in [-0.2, -0.15) is 0 Å². The first kappa shape index (κ1) is 7.74. The zero-order valence-electron chi connectivity index (χ0n) is 4.57. The van der Waals surface area contributed by atoms with Gasteiger partial charge in [0.05, 0.1) is 29.3 Å². The molecule has 1 aliphatic rings. The Balaban J connectivity index is 2.61. The summed E-state index contributed by atoms with van der Waals surface area (Å²) in [6.45, 7) is 0. The van der Waals surface area contributed by atoms with Gasteiger partial charge in [-0.15, -0.1) is 11.3 Å². The Bertz CT molecular complexity index is 248. The summed E-state index contributed by atoms with van der Waals surface area (Å²) in [4.78, 5) is 0. The molecule has 0 aliphatic carbocycles. The van der Waals surface area contributed by atoms with Crippen LogP contribution in [0, 0.1) is 5.77 Å². The molecular formula is C4H2I2N2S2. The van der Waals surface area contributed by atoms with Crippen LogP contribution in [-0.4, -0.2) is 0 Å². The van der Waals surface area contributed by atoms with Crippen molar-refractivity contribution in [1.82, 2.24) is 0 Å². The molecule has 2 nitrogen and oxygen atoms in total. The molecule has 54 valence electrons. The van der Waals surface area contributed by atoms with Crippen LogP contribution >= 0.6 is 68.7 Å². The first-order valence-corrected chi connectivity index (χ1v) is 6.23. The number of nitrogens with one attached hydrogen (secondary N) is 2. The summed E-state index contributed by atoms with van der Waals surface area (Å²) in [5.74, 6) is 0. The molecule has 0 saturated carbocycles. The summed E-state index contributed by atoms with van der Waals surface area (Å²) < 4.78 is 9.04. The van der Waals surface area contributed by atoms with E-state index in [9.17, 15) is 0 Å². The topological polar surface area (TPSA) is 24.1 Å². The fourth-order valence-corrected chi connectivity index (χ4v) is 5.91. The van der Waals surface area contributed by atoms with Gasteiger partial charge in [0.15, 0.2) is 0 Å². The monoisotopic (exact) mass is 396 g/mol. The maximum atomic E-state index is 3.19. The van der Waals surface area contributed by atoms with Crippen LogP contribution in [0.5, 0.6) is 0 Å². The maximum absolute atomic E-state index is 3.19. The second kappa shape index (κ2) is 2.87. The van der Waals surface area contributed by atoms with Crippen molar-refractivity contribution < 1.29 is 0 Å². The minimum Gasteiger partial charge on any atom is -0.309 e. The van der Waals surface area contributed by atoms with E-state index >= 15 is 0 Å². The Kier molecular flexibility index (Phi) is 2.22. The van der Waals surface area contributed by atoms with Gasteiger partial charge in [0.25, 0.3) is 0 Å².